The Morgan fingerprint density at radius 2 is 0.746 bits per heavy atom. The van der Waals surface area contributed by atoms with Crippen molar-refractivity contribution < 1.29 is 0 Å². The first-order valence-electron chi connectivity index (χ1n) is 24.0. The lowest BCUT2D eigenvalue weighted by Crippen LogP contribution is -2.21. The zero-order chi connectivity index (χ0) is 46.1. The molecule has 3 aromatic heterocycles. The summed E-state index contributed by atoms with van der Waals surface area (Å²) in [5.41, 5.74) is 20.0. The van der Waals surface area contributed by atoms with Crippen LogP contribution >= 0.6 is 0 Å². The number of rotatable bonds is 9. The van der Waals surface area contributed by atoms with Crippen LogP contribution in [0.15, 0.2) is 201 Å². The Labute approximate surface area is 397 Å². The molecular weight excluding hydrogens is 813 g/mol. The normalized spacial score (nSPS) is 16.5. The molecule has 6 aromatic carbocycles. The van der Waals surface area contributed by atoms with Crippen LogP contribution in [0.3, 0.4) is 0 Å². The summed E-state index contributed by atoms with van der Waals surface area (Å²) in [6.45, 7) is 13.5. The maximum absolute atomic E-state index is 4.79. The molecule has 0 N–H and O–H groups in total. The summed E-state index contributed by atoms with van der Waals surface area (Å²) in [7, 11) is 0. The predicted octanol–water partition coefficient (Wildman–Crippen LogP) is 16.4. The first-order valence-corrected chi connectivity index (χ1v) is 24.0. The Bertz CT molecular complexity index is 2960. The Kier molecular flexibility index (Phi) is 11.9. The predicted molar refractivity (Wildman–Crippen MR) is 279 cm³/mol. The van der Waals surface area contributed by atoms with E-state index in [1.807, 2.05) is 35.5 Å². The van der Waals surface area contributed by atoms with Gasteiger partial charge in [0.1, 0.15) is 0 Å². The molecule has 0 radical (unpaired) electrons. The summed E-state index contributed by atoms with van der Waals surface area (Å²) in [5, 5.41) is 4.48. The third kappa shape index (κ3) is 9.31. The van der Waals surface area contributed by atoms with Gasteiger partial charge in [-0.15, -0.1) is 0 Å². The number of nitrogens with zero attached hydrogens (tertiary/aromatic N) is 4. The van der Waals surface area contributed by atoms with Crippen LogP contribution < -0.4 is 0 Å². The van der Waals surface area contributed by atoms with E-state index in [4.69, 9.17) is 9.97 Å². The first-order chi connectivity index (χ1) is 32.5. The summed E-state index contributed by atoms with van der Waals surface area (Å²) < 4.78 is 1.92. The van der Waals surface area contributed by atoms with Crippen LogP contribution in [-0.4, -0.2) is 19.7 Å². The largest absolute Gasteiger partial charge is 0.256 e. The molecule has 1 aliphatic rings. The van der Waals surface area contributed by atoms with Gasteiger partial charge >= 0.3 is 0 Å². The van der Waals surface area contributed by atoms with Gasteiger partial charge in [0.15, 0.2) is 0 Å². The van der Waals surface area contributed by atoms with Crippen molar-refractivity contribution in [3.8, 4) is 61.6 Å². The Hall–Kier alpha value is -7.17. The monoisotopic (exact) mass is 872 g/mol. The van der Waals surface area contributed by atoms with Crippen LogP contribution in [0.5, 0.6) is 0 Å². The minimum atomic E-state index is 0.0556. The number of hydrogen-bond donors (Lipinski definition) is 0. The zero-order valence-corrected chi connectivity index (χ0v) is 39.7. The lowest BCUT2D eigenvalue weighted by molar-refractivity contribution is 0.353. The van der Waals surface area contributed by atoms with E-state index in [9.17, 15) is 0 Å². The average Bonchev–Trinajstić information content (AvgIpc) is 3.92. The molecule has 0 saturated heterocycles. The maximum atomic E-state index is 4.79. The van der Waals surface area contributed by atoms with Crippen molar-refractivity contribution >= 4 is 0 Å². The molecule has 9 aromatic rings. The SMILES string of the molecule is CC(C)(C)c1ccnc(-c2ccc(-c3ccccc3C3CC(c4ccccc4-c4ccc(-c5cc(C(C)(C)C)ccn5)cc4)CC(c4ccccc4-c4ccc(-n5cccn5)cc4)C3)cc2)c1. The molecule has 2 atom stereocenters. The highest BCUT2D eigenvalue weighted by molar-refractivity contribution is 5.75. The number of pyridine rings is 2. The maximum Gasteiger partial charge on any atom is 0.0704 e. The minimum absolute atomic E-state index is 0.0556. The van der Waals surface area contributed by atoms with Gasteiger partial charge in [0.25, 0.3) is 0 Å². The van der Waals surface area contributed by atoms with Crippen molar-refractivity contribution in [2.24, 2.45) is 0 Å². The van der Waals surface area contributed by atoms with E-state index in [2.05, 4.69) is 216 Å². The van der Waals surface area contributed by atoms with Crippen molar-refractivity contribution in [3.05, 3.63) is 229 Å². The quantitative estimate of drug-likeness (QED) is 0.145. The summed E-state index contributed by atoms with van der Waals surface area (Å²) in [6.07, 6.45) is 10.9. The lowest BCUT2D eigenvalue weighted by atomic mass is 9.66. The van der Waals surface area contributed by atoms with Crippen molar-refractivity contribution in [2.75, 3.05) is 0 Å². The van der Waals surface area contributed by atoms with Crippen molar-refractivity contribution in [3.63, 3.8) is 0 Å². The van der Waals surface area contributed by atoms with Crippen LogP contribution in [-0.2, 0) is 10.8 Å². The Morgan fingerprint density at radius 1 is 0.388 bits per heavy atom. The zero-order valence-electron chi connectivity index (χ0n) is 39.7. The van der Waals surface area contributed by atoms with Crippen molar-refractivity contribution in [2.45, 2.75) is 89.4 Å². The molecule has 0 aliphatic heterocycles. The Balaban J connectivity index is 1.03. The molecule has 0 amide bonds. The second-order valence-corrected chi connectivity index (χ2v) is 20.6. The third-order valence-electron chi connectivity index (χ3n) is 14.1. The highest BCUT2D eigenvalue weighted by atomic mass is 15.3. The van der Waals surface area contributed by atoms with Gasteiger partial charge in [-0.3, -0.25) is 9.97 Å². The Morgan fingerprint density at radius 3 is 1.10 bits per heavy atom. The van der Waals surface area contributed by atoms with E-state index in [0.717, 1.165) is 47.5 Å². The summed E-state index contributed by atoms with van der Waals surface area (Å²) in [5.74, 6) is 0.993. The van der Waals surface area contributed by atoms with E-state index >= 15 is 0 Å². The van der Waals surface area contributed by atoms with E-state index in [1.54, 1.807) is 0 Å². The highest BCUT2D eigenvalue weighted by Crippen LogP contribution is 2.52. The first kappa shape index (κ1) is 43.7. The molecular formula is C63H60N4. The van der Waals surface area contributed by atoms with Gasteiger partial charge in [0, 0.05) is 35.9 Å². The van der Waals surface area contributed by atoms with Gasteiger partial charge in [-0.2, -0.15) is 5.10 Å². The average molecular weight is 873 g/mol. The van der Waals surface area contributed by atoms with Crippen LogP contribution in [0.4, 0.5) is 0 Å². The molecule has 1 saturated carbocycles. The second kappa shape index (κ2) is 18.2. The van der Waals surface area contributed by atoms with Crippen LogP contribution in [0, 0.1) is 0 Å². The molecule has 1 fully saturated rings. The fraction of sp³-hybridized carbons (Fsp3) is 0.222. The fourth-order valence-electron chi connectivity index (χ4n) is 10.4. The van der Waals surface area contributed by atoms with Gasteiger partial charge in [0.2, 0.25) is 0 Å². The highest BCUT2D eigenvalue weighted by Gasteiger charge is 2.35. The molecule has 1 aliphatic carbocycles. The molecule has 2 unspecified atom stereocenters. The second-order valence-electron chi connectivity index (χ2n) is 20.6. The number of hydrogen-bond acceptors (Lipinski definition) is 3. The summed E-state index contributed by atoms with van der Waals surface area (Å²) >= 11 is 0. The molecule has 4 nitrogen and oxygen atoms in total. The number of benzene rings is 6. The van der Waals surface area contributed by atoms with Gasteiger partial charge in [-0.05, 0) is 152 Å². The van der Waals surface area contributed by atoms with E-state index in [0.29, 0.717) is 17.8 Å². The minimum Gasteiger partial charge on any atom is -0.256 e. The standard InChI is InChI=1S/C63H60N4/c1-62(2,3)51-32-35-64-60(41-51)46-24-20-43(21-25-46)54-14-7-10-17-57(54)48-38-49(40-50(39-48)59-19-12-9-16-56(59)45-28-30-53(31-29-45)67-37-13-34-66-67)58-18-11-8-15-55(58)44-22-26-47(27-23-44)61-42-52(33-36-65-61)63(4,5)6/h7-37,41-42,48-50H,38-40H2,1-6H3. The van der Waals surface area contributed by atoms with Gasteiger partial charge in [-0.25, -0.2) is 4.68 Å². The lowest BCUT2D eigenvalue weighted by Gasteiger charge is -2.38. The molecule has 10 rings (SSSR count). The van der Waals surface area contributed by atoms with Crippen LogP contribution in [0.1, 0.15) is 106 Å². The topological polar surface area (TPSA) is 43.6 Å². The van der Waals surface area contributed by atoms with E-state index < -0.39 is 0 Å². The smallest absolute Gasteiger partial charge is 0.0704 e. The van der Waals surface area contributed by atoms with Crippen molar-refractivity contribution in [1.29, 1.82) is 0 Å². The summed E-state index contributed by atoms with van der Waals surface area (Å²) in [4.78, 5) is 9.57. The van der Waals surface area contributed by atoms with Crippen LogP contribution in [0.2, 0.25) is 0 Å². The molecule has 332 valence electrons. The molecule has 4 heteroatoms. The van der Waals surface area contributed by atoms with Crippen LogP contribution in [0.25, 0.3) is 61.6 Å². The number of aromatic nitrogens is 4. The molecule has 0 bridgehead atoms. The van der Waals surface area contributed by atoms with Gasteiger partial charge < -0.3 is 0 Å². The third-order valence-corrected chi connectivity index (χ3v) is 14.1. The van der Waals surface area contributed by atoms with E-state index in [1.165, 1.54) is 61.2 Å². The molecule has 3 heterocycles. The van der Waals surface area contributed by atoms with E-state index in [-0.39, 0.29) is 10.8 Å². The van der Waals surface area contributed by atoms with Gasteiger partial charge in [0.05, 0.1) is 17.1 Å². The fourth-order valence-corrected chi connectivity index (χ4v) is 10.4. The van der Waals surface area contributed by atoms with Gasteiger partial charge in [-0.1, -0.05) is 175 Å². The molecule has 67 heavy (non-hydrogen) atoms. The summed E-state index contributed by atoms with van der Waals surface area (Å²) in [6, 6.07) is 65.3. The van der Waals surface area contributed by atoms with Crippen molar-refractivity contribution in [1.82, 2.24) is 19.7 Å². The molecule has 0 spiro atoms.